The first-order valence-electron chi connectivity index (χ1n) is 6.78. The fourth-order valence-corrected chi connectivity index (χ4v) is 1.89. The monoisotopic (exact) mass is 276 g/mol. The van der Waals surface area contributed by atoms with Gasteiger partial charge < -0.3 is 15.2 Å². The summed E-state index contributed by atoms with van der Waals surface area (Å²) in [6.45, 7) is 2.08. The van der Waals surface area contributed by atoms with Crippen molar-refractivity contribution in [3.05, 3.63) is 23.8 Å². The second-order valence-corrected chi connectivity index (χ2v) is 5.34. The fraction of sp³-hybridized carbons (Fsp3) is 0.500. The lowest BCUT2D eigenvalue weighted by atomic mass is 10.1. The molecule has 1 atom stereocenters. The molecule has 1 rings (SSSR count). The van der Waals surface area contributed by atoms with Crippen LogP contribution >= 0.6 is 0 Å². The highest BCUT2D eigenvalue weighted by molar-refractivity contribution is 7.90. The van der Waals surface area contributed by atoms with Gasteiger partial charge in [-0.05, 0) is 24.6 Å². The summed E-state index contributed by atoms with van der Waals surface area (Å²) in [4.78, 5) is 0. The van der Waals surface area contributed by atoms with E-state index in [2.05, 4.69) is 0 Å². The Labute approximate surface area is 112 Å². The van der Waals surface area contributed by atoms with Gasteiger partial charge in [0.15, 0.2) is 11.5 Å². The zero-order valence-electron chi connectivity index (χ0n) is 13.6. The molecule has 5 nitrogen and oxygen atoms in total. The van der Waals surface area contributed by atoms with Crippen LogP contribution in [-0.4, -0.2) is 34.1 Å². The molecule has 0 saturated heterocycles. The van der Waals surface area contributed by atoms with E-state index in [-0.39, 0.29) is 11.3 Å². The Morgan fingerprint density at radius 3 is 2.67 bits per heavy atom. The Morgan fingerprint density at radius 2 is 2.17 bits per heavy atom. The van der Waals surface area contributed by atoms with Crippen molar-refractivity contribution >= 4 is 9.84 Å². The Hall–Kier alpha value is -1.27. The number of ether oxygens (including phenoxy) is 2. The zero-order valence-corrected chi connectivity index (χ0v) is 11.4. The van der Waals surface area contributed by atoms with Crippen LogP contribution in [0.25, 0.3) is 0 Å². The van der Waals surface area contributed by atoms with E-state index in [1.165, 1.54) is 25.3 Å². The maximum Gasteiger partial charge on any atom is 0.161 e. The molecule has 0 bridgehead atoms. The molecule has 0 spiro atoms. The van der Waals surface area contributed by atoms with E-state index < -0.39 is 21.6 Å². The van der Waals surface area contributed by atoms with E-state index >= 15 is 0 Å². The molecule has 2 N–H and O–H groups in total. The molecular weight excluding hydrogens is 254 g/mol. The zero-order chi connectivity index (χ0) is 16.5. The van der Waals surface area contributed by atoms with Gasteiger partial charge in [-0.1, -0.05) is 6.07 Å². The summed E-state index contributed by atoms with van der Waals surface area (Å²) in [6, 6.07) is 1.63. The maximum absolute atomic E-state index is 11.6. The largest absolute Gasteiger partial charge is 0.493 e. The maximum atomic E-state index is 11.6. The number of hydrogen-bond acceptors (Lipinski definition) is 5. The summed E-state index contributed by atoms with van der Waals surface area (Å²) in [7, 11) is -2.77. The van der Waals surface area contributed by atoms with Gasteiger partial charge >= 0.3 is 0 Å². The third-order valence-corrected chi connectivity index (χ3v) is 2.66. The van der Waals surface area contributed by atoms with Gasteiger partial charge in [0.05, 0.1) is 20.8 Å². The number of sulfone groups is 1. The van der Waals surface area contributed by atoms with Crippen molar-refractivity contribution < 1.29 is 22.0 Å². The van der Waals surface area contributed by atoms with Gasteiger partial charge in [0.25, 0.3) is 0 Å². The number of methoxy groups -OCH3 is 1. The number of hydrogen-bond donors (Lipinski definition) is 1. The van der Waals surface area contributed by atoms with Crippen LogP contribution in [0.3, 0.4) is 0 Å². The summed E-state index contributed by atoms with van der Waals surface area (Å²) < 4.78 is 56.9. The van der Waals surface area contributed by atoms with E-state index in [1.807, 2.05) is 0 Å². The molecule has 0 radical (unpaired) electrons. The SMILES string of the molecule is [2H]C([2H])([C@@]([2H])(N)c1ccc(OC)c(OCC)c1)S(C)(=O)=O. The van der Waals surface area contributed by atoms with Crippen LogP contribution < -0.4 is 15.2 Å². The van der Waals surface area contributed by atoms with E-state index in [0.717, 1.165) is 0 Å². The van der Waals surface area contributed by atoms with Crippen molar-refractivity contribution in [2.75, 3.05) is 25.7 Å². The van der Waals surface area contributed by atoms with Crippen molar-refractivity contribution in [3.8, 4) is 11.5 Å². The quantitative estimate of drug-likeness (QED) is 0.843. The van der Waals surface area contributed by atoms with Gasteiger partial charge in [-0.25, -0.2) is 8.42 Å². The number of benzene rings is 1. The molecule has 0 heterocycles. The second kappa shape index (κ2) is 6.06. The highest BCUT2D eigenvalue weighted by atomic mass is 32.2. The molecule has 1 aromatic rings. The minimum Gasteiger partial charge on any atom is -0.493 e. The van der Waals surface area contributed by atoms with Crippen LogP contribution in [0.2, 0.25) is 0 Å². The van der Waals surface area contributed by atoms with Gasteiger partial charge in [-0.3, -0.25) is 0 Å². The molecule has 0 unspecified atom stereocenters. The highest BCUT2D eigenvalue weighted by Gasteiger charge is 2.15. The summed E-state index contributed by atoms with van der Waals surface area (Å²) in [5.74, 6) is 0.653. The molecule has 0 aliphatic heterocycles. The first-order chi connectivity index (χ1) is 9.49. The minimum absolute atomic E-state index is 0.0258. The molecule has 0 aromatic heterocycles. The third kappa shape index (κ3) is 4.19. The lowest BCUT2D eigenvalue weighted by Gasteiger charge is -2.15. The second-order valence-electron chi connectivity index (χ2n) is 3.59. The molecule has 0 fully saturated rings. The molecular formula is C12H19NO4S. The summed E-state index contributed by atoms with van der Waals surface area (Å²) >= 11 is 0. The summed E-state index contributed by atoms with van der Waals surface area (Å²) in [5, 5.41) is 0. The Bertz CT molecular complexity index is 617. The molecule has 0 saturated carbocycles. The van der Waals surface area contributed by atoms with Crippen molar-refractivity contribution in [2.45, 2.75) is 12.9 Å². The normalized spacial score (nSPS) is 18.1. The van der Waals surface area contributed by atoms with Crippen molar-refractivity contribution in [3.63, 3.8) is 0 Å². The molecule has 0 aliphatic carbocycles. The lowest BCUT2D eigenvalue weighted by molar-refractivity contribution is 0.310. The van der Waals surface area contributed by atoms with E-state index in [0.29, 0.717) is 18.6 Å². The van der Waals surface area contributed by atoms with Crippen LogP contribution in [0.15, 0.2) is 18.2 Å². The van der Waals surface area contributed by atoms with Crippen molar-refractivity contribution in [1.29, 1.82) is 0 Å². The van der Waals surface area contributed by atoms with Crippen LogP contribution in [0.4, 0.5) is 0 Å². The third-order valence-electron chi connectivity index (χ3n) is 2.07. The van der Waals surface area contributed by atoms with Gasteiger partial charge in [0, 0.05) is 15.0 Å². The molecule has 6 heteroatoms. The predicted octanol–water partition coefficient (Wildman–Crippen LogP) is 1.14. The Morgan fingerprint density at radius 1 is 1.50 bits per heavy atom. The topological polar surface area (TPSA) is 78.6 Å². The summed E-state index contributed by atoms with van der Waals surface area (Å²) in [6.07, 6.45) is 0.704. The summed E-state index contributed by atoms with van der Waals surface area (Å²) in [5.41, 5.74) is 2.69. The van der Waals surface area contributed by atoms with Crippen LogP contribution in [-0.2, 0) is 9.84 Å². The van der Waals surface area contributed by atoms with Gasteiger partial charge in [0.1, 0.15) is 9.84 Å². The average Bonchev–Trinajstić information content (AvgIpc) is 2.37. The van der Waals surface area contributed by atoms with Crippen LogP contribution in [0, 0.1) is 0 Å². The van der Waals surface area contributed by atoms with E-state index in [1.54, 1.807) is 6.92 Å². The smallest absolute Gasteiger partial charge is 0.161 e. The molecule has 1 aromatic carbocycles. The minimum atomic E-state index is -4.20. The fourth-order valence-electron chi connectivity index (χ4n) is 1.37. The Balaban J connectivity index is 3.42. The van der Waals surface area contributed by atoms with Gasteiger partial charge in [0.2, 0.25) is 0 Å². The predicted molar refractivity (Wildman–Crippen MR) is 70.8 cm³/mol. The number of rotatable bonds is 6. The lowest BCUT2D eigenvalue weighted by Crippen LogP contribution is -2.20. The molecule has 0 aliphatic rings. The highest BCUT2D eigenvalue weighted by Crippen LogP contribution is 2.30. The van der Waals surface area contributed by atoms with Gasteiger partial charge in [-0.2, -0.15) is 0 Å². The van der Waals surface area contributed by atoms with E-state index in [4.69, 9.17) is 19.3 Å². The average molecular weight is 276 g/mol. The first kappa shape index (κ1) is 10.6. The van der Waals surface area contributed by atoms with Crippen molar-refractivity contribution in [2.24, 2.45) is 5.73 Å². The van der Waals surface area contributed by atoms with E-state index in [9.17, 15) is 8.42 Å². The van der Waals surface area contributed by atoms with Crippen LogP contribution in [0.5, 0.6) is 11.5 Å². The Kier molecular flexibility index (Phi) is 3.58. The van der Waals surface area contributed by atoms with Gasteiger partial charge in [-0.15, -0.1) is 0 Å². The first-order valence-corrected chi connectivity index (χ1v) is 7.18. The molecule has 102 valence electrons. The standard InChI is InChI=1S/C12H19NO4S/c1-4-17-12-7-9(5-6-11(12)16-2)10(13)8-18(3,14)15/h5-7,10H,4,8,13H2,1-3H3/t10-/m1/s1/i8D2,10D. The molecule has 18 heavy (non-hydrogen) atoms. The van der Waals surface area contributed by atoms with Crippen molar-refractivity contribution in [1.82, 2.24) is 0 Å². The number of nitrogens with two attached hydrogens (primary N) is 1. The van der Waals surface area contributed by atoms with Crippen LogP contribution in [0.1, 0.15) is 22.6 Å². The molecule has 0 amide bonds.